The summed E-state index contributed by atoms with van der Waals surface area (Å²) in [6.07, 6.45) is 5.06. The maximum absolute atomic E-state index is 13.2. The van der Waals surface area contributed by atoms with Crippen LogP contribution in [0.3, 0.4) is 0 Å². The van der Waals surface area contributed by atoms with E-state index in [1.54, 1.807) is 11.3 Å². The molecule has 1 amide bonds. The van der Waals surface area contributed by atoms with Crippen LogP contribution < -0.4 is 5.32 Å². The third-order valence-electron chi connectivity index (χ3n) is 8.66. The number of hydrogen-bond acceptors (Lipinski definition) is 7. The lowest BCUT2D eigenvalue weighted by Gasteiger charge is -2.53. The van der Waals surface area contributed by atoms with Gasteiger partial charge in [0.2, 0.25) is 5.91 Å². The first-order valence-corrected chi connectivity index (χ1v) is 13.9. The van der Waals surface area contributed by atoms with Crippen LogP contribution >= 0.6 is 11.3 Å². The van der Waals surface area contributed by atoms with Gasteiger partial charge in [0.15, 0.2) is 5.13 Å². The predicted octanol–water partition coefficient (Wildman–Crippen LogP) is 3.74. The van der Waals surface area contributed by atoms with E-state index < -0.39 is 6.10 Å². The van der Waals surface area contributed by atoms with Crippen molar-refractivity contribution in [2.75, 3.05) is 38.2 Å². The average Bonchev–Trinajstić information content (AvgIpc) is 3.27. The van der Waals surface area contributed by atoms with Gasteiger partial charge in [-0.25, -0.2) is 4.98 Å². The molecule has 0 radical (unpaired) electrons. The van der Waals surface area contributed by atoms with E-state index in [0.29, 0.717) is 26.3 Å². The molecular formula is C27H38N4O3S. The summed E-state index contributed by atoms with van der Waals surface area (Å²) in [5.41, 5.74) is 2.23. The number of aromatic nitrogens is 2. The number of thiazole rings is 1. The number of anilines is 1. The van der Waals surface area contributed by atoms with E-state index in [0.717, 1.165) is 48.7 Å². The van der Waals surface area contributed by atoms with Gasteiger partial charge in [-0.05, 0) is 48.6 Å². The molecule has 35 heavy (non-hydrogen) atoms. The van der Waals surface area contributed by atoms with Gasteiger partial charge < -0.3 is 20.1 Å². The first-order chi connectivity index (χ1) is 16.9. The molecule has 0 spiro atoms. The smallest absolute Gasteiger partial charge is 0.225 e. The van der Waals surface area contributed by atoms with Crippen molar-refractivity contribution in [1.82, 2.24) is 14.9 Å². The zero-order valence-corrected chi connectivity index (χ0v) is 21.9. The Morgan fingerprint density at radius 3 is 2.91 bits per heavy atom. The van der Waals surface area contributed by atoms with E-state index in [2.05, 4.69) is 24.1 Å². The number of amides is 1. The van der Waals surface area contributed by atoms with Crippen molar-refractivity contribution in [3.8, 4) is 0 Å². The van der Waals surface area contributed by atoms with E-state index in [4.69, 9.17) is 9.72 Å². The van der Waals surface area contributed by atoms with E-state index in [1.165, 1.54) is 4.88 Å². The van der Waals surface area contributed by atoms with Crippen LogP contribution in [0.1, 0.15) is 55.8 Å². The van der Waals surface area contributed by atoms with Crippen LogP contribution in [0.25, 0.3) is 0 Å². The average molecular weight is 499 g/mol. The van der Waals surface area contributed by atoms with Crippen LogP contribution in [0.5, 0.6) is 0 Å². The molecule has 2 aromatic heterocycles. The van der Waals surface area contributed by atoms with Gasteiger partial charge in [0.1, 0.15) is 0 Å². The predicted molar refractivity (Wildman–Crippen MR) is 138 cm³/mol. The molecule has 8 heteroatoms. The summed E-state index contributed by atoms with van der Waals surface area (Å²) in [4.78, 5) is 25.9. The van der Waals surface area contributed by atoms with Crippen molar-refractivity contribution in [2.24, 2.45) is 23.2 Å². The fourth-order valence-corrected chi connectivity index (χ4v) is 8.01. The molecule has 2 aromatic rings. The van der Waals surface area contributed by atoms with Gasteiger partial charge in [-0.1, -0.05) is 26.8 Å². The fourth-order valence-electron chi connectivity index (χ4n) is 6.72. The zero-order valence-electron chi connectivity index (χ0n) is 21.1. The van der Waals surface area contributed by atoms with Crippen molar-refractivity contribution < 1.29 is 14.6 Å². The number of carbonyl (C=O) groups is 1. The maximum Gasteiger partial charge on any atom is 0.225 e. The van der Waals surface area contributed by atoms with E-state index in [1.807, 2.05) is 36.2 Å². The highest BCUT2D eigenvalue weighted by Gasteiger charge is 2.54. The molecule has 1 aliphatic heterocycles. The van der Waals surface area contributed by atoms with Crippen molar-refractivity contribution in [3.05, 3.63) is 40.7 Å². The highest BCUT2D eigenvalue weighted by molar-refractivity contribution is 7.15. The third kappa shape index (κ3) is 4.85. The molecule has 2 N–H and O–H groups in total. The molecule has 190 valence electrons. The van der Waals surface area contributed by atoms with E-state index in [-0.39, 0.29) is 35.0 Å². The van der Waals surface area contributed by atoms with Gasteiger partial charge in [-0.2, -0.15) is 0 Å². The molecule has 1 saturated heterocycles. The molecule has 0 bridgehead atoms. The Kier molecular flexibility index (Phi) is 7.15. The Morgan fingerprint density at radius 1 is 1.37 bits per heavy atom. The lowest BCUT2D eigenvalue weighted by atomic mass is 9.53. The summed E-state index contributed by atoms with van der Waals surface area (Å²) in [6, 6.07) is 6.00. The van der Waals surface area contributed by atoms with Crippen LogP contribution in [-0.2, 0) is 22.4 Å². The Balaban J connectivity index is 1.28. The summed E-state index contributed by atoms with van der Waals surface area (Å²) in [6.45, 7) is 9.88. The molecular weight excluding hydrogens is 460 g/mol. The number of aliphatic hydroxyl groups excluding tert-OH is 1. The van der Waals surface area contributed by atoms with Gasteiger partial charge in [0.25, 0.3) is 0 Å². The number of morpholine rings is 1. The van der Waals surface area contributed by atoms with Crippen LogP contribution in [0.4, 0.5) is 5.13 Å². The topological polar surface area (TPSA) is 87.6 Å². The summed E-state index contributed by atoms with van der Waals surface area (Å²) >= 11 is 1.76. The Labute approximate surface area is 212 Å². The second-order valence-electron chi connectivity index (χ2n) is 10.9. The number of hydrogen-bond donors (Lipinski definition) is 2. The molecule has 6 unspecified atom stereocenters. The third-order valence-corrected chi connectivity index (χ3v) is 9.69. The van der Waals surface area contributed by atoms with Crippen molar-refractivity contribution in [1.29, 1.82) is 0 Å². The number of aliphatic hydroxyl groups is 1. The molecule has 3 heterocycles. The Morgan fingerprint density at radius 2 is 2.17 bits per heavy atom. The van der Waals surface area contributed by atoms with E-state index >= 15 is 0 Å². The molecule has 0 aromatic carbocycles. The number of nitrogens with one attached hydrogen (secondary N) is 1. The van der Waals surface area contributed by atoms with Crippen LogP contribution in [0.2, 0.25) is 0 Å². The number of carbonyl (C=O) groups excluding carboxylic acids is 1. The minimum absolute atomic E-state index is 0.0120. The normalized spacial score (nSPS) is 31.4. The summed E-state index contributed by atoms with van der Waals surface area (Å²) in [5, 5.41) is 16.1. The van der Waals surface area contributed by atoms with Gasteiger partial charge in [0, 0.05) is 54.7 Å². The maximum atomic E-state index is 13.2. The quantitative estimate of drug-likeness (QED) is 0.631. The molecule has 1 saturated carbocycles. The van der Waals surface area contributed by atoms with Gasteiger partial charge >= 0.3 is 0 Å². The number of ether oxygens (including phenoxy) is 1. The summed E-state index contributed by atoms with van der Waals surface area (Å²) in [5.74, 6) is 0.243. The molecule has 3 aliphatic rings. The Bertz CT molecular complexity index is 1020. The molecule has 7 nitrogen and oxygen atoms in total. The number of rotatable bonds is 6. The fraction of sp³-hybridized carbons (Fsp3) is 0.667. The SMILES string of the molecule is CC(C(=O)N1CCOCC1)C1CCC2(C)Cc3sc(NCCc4ccccn4)nc3C(C)C2C1O. The molecule has 2 fully saturated rings. The largest absolute Gasteiger partial charge is 0.392 e. The van der Waals surface area contributed by atoms with Crippen molar-refractivity contribution in [3.63, 3.8) is 0 Å². The Hall–Kier alpha value is -2.03. The number of fused-ring (bicyclic) bond motifs is 2. The first-order valence-electron chi connectivity index (χ1n) is 13.1. The summed E-state index contributed by atoms with van der Waals surface area (Å²) in [7, 11) is 0. The lowest BCUT2D eigenvalue weighted by Crippen LogP contribution is -2.54. The monoisotopic (exact) mass is 498 g/mol. The van der Waals surface area contributed by atoms with Crippen LogP contribution in [-0.4, -0.2) is 64.8 Å². The minimum Gasteiger partial charge on any atom is -0.392 e. The highest BCUT2D eigenvalue weighted by atomic mass is 32.1. The molecule has 6 atom stereocenters. The molecule has 5 rings (SSSR count). The van der Waals surface area contributed by atoms with Crippen LogP contribution in [0, 0.1) is 23.2 Å². The first kappa shape index (κ1) is 24.7. The second kappa shape index (κ2) is 10.1. The van der Waals surface area contributed by atoms with Crippen LogP contribution in [0.15, 0.2) is 24.4 Å². The van der Waals surface area contributed by atoms with Crippen molar-refractivity contribution in [2.45, 2.75) is 58.5 Å². The summed E-state index contributed by atoms with van der Waals surface area (Å²) < 4.78 is 5.42. The standard InChI is InChI=1S/C27H38N4O3S/c1-17(25(33)31-12-14-34-15-13-31)20-7-9-27(3)16-21-23(18(2)22(27)24(20)32)30-26(35-21)29-11-8-19-6-4-5-10-28-19/h4-6,10,17-18,20,22,24,32H,7-9,11-16H2,1-3H3,(H,29,30). The number of nitrogens with zero attached hydrogens (tertiary/aromatic N) is 3. The van der Waals surface area contributed by atoms with E-state index in [9.17, 15) is 9.90 Å². The molecule has 2 aliphatic carbocycles. The van der Waals surface area contributed by atoms with Gasteiger partial charge in [-0.3, -0.25) is 9.78 Å². The second-order valence-corrected chi connectivity index (χ2v) is 12.0. The van der Waals surface area contributed by atoms with Crippen molar-refractivity contribution >= 4 is 22.4 Å². The van der Waals surface area contributed by atoms with Gasteiger partial charge in [0.05, 0.1) is 25.0 Å². The number of pyridine rings is 1. The zero-order chi connectivity index (χ0) is 24.6. The minimum atomic E-state index is -0.501. The lowest BCUT2D eigenvalue weighted by molar-refractivity contribution is -0.148. The van der Waals surface area contributed by atoms with Gasteiger partial charge in [-0.15, -0.1) is 11.3 Å². The highest BCUT2D eigenvalue weighted by Crippen LogP contribution is 2.57.